The number of nitro benzene ring substituents is 1. The smallest absolute Gasteiger partial charge is 0.354 e. The number of benzene rings is 1. The normalized spacial score (nSPS) is 10.2. The number of hydrogen-bond acceptors (Lipinski definition) is 5. The van der Waals surface area contributed by atoms with E-state index in [2.05, 4.69) is 11.6 Å². The van der Waals surface area contributed by atoms with Crippen molar-refractivity contribution in [2.75, 3.05) is 0 Å². The summed E-state index contributed by atoms with van der Waals surface area (Å²) in [6.07, 6.45) is 1.51. The van der Waals surface area contributed by atoms with E-state index in [-0.39, 0.29) is 18.1 Å². The summed E-state index contributed by atoms with van der Waals surface area (Å²) < 4.78 is 6.24. The number of rotatable bonds is 4. The van der Waals surface area contributed by atoms with E-state index in [0.717, 1.165) is 4.74 Å². The van der Waals surface area contributed by atoms with Crippen molar-refractivity contribution in [3.05, 3.63) is 57.5 Å². The van der Waals surface area contributed by atoms with E-state index >= 15 is 0 Å². The van der Waals surface area contributed by atoms with Crippen molar-refractivity contribution >= 4 is 5.69 Å². The standard InChI is InChI=1S/C11H9N3O4/c1-2-7-13-11(15)12-10(18-13)8-3-5-9(6-4-8)14(16)17/h2-6H,1,7H2. The molecule has 1 heterocycles. The number of allylic oxidation sites excluding steroid dienone is 1. The van der Waals surface area contributed by atoms with Gasteiger partial charge < -0.3 is 4.52 Å². The first kappa shape index (κ1) is 11.8. The molecule has 0 atom stereocenters. The Morgan fingerprint density at radius 1 is 1.44 bits per heavy atom. The van der Waals surface area contributed by atoms with Gasteiger partial charge in [-0.3, -0.25) is 10.1 Å². The molecule has 0 aliphatic carbocycles. The molecular formula is C11H9N3O4. The first-order valence-corrected chi connectivity index (χ1v) is 5.05. The summed E-state index contributed by atoms with van der Waals surface area (Å²) in [5, 5.41) is 10.5. The molecule has 0 unspecified atom stereocenters. The Balaban J connectivity index is 2.36. The summed E-state index contributed by atoms with van der Waals surface area (Å²) in [7, 11) is 0. The van der Waals surface area contributed by atoms with Gasteiger partial charge in [-0.1, -0.05) is 6.08 Å². The number of hydrogen-bond donors (Lipinski definition) is 0. The molecule has 0 fully saturated rings. The van der Waals surface area contributed by atoms with Crippen molar-refractivity contribution in [2.24, 2.45) is 0 Å². The second-order valence-electron chi connectivity index (χ2n) is 3.44. The van der Waals surface area contributed by atoms with Crippen LogP contribution in [0.1, 0.15) is 0 Å². The SMILES string of the molecule is C=CCn1oc(-c2ccc([N+](=O)[O-])cc2)nc1=O. The van der Waals surface area contributed by atoms with Crippen molar-refractivity contribution in [3.63, 3.8) is 0 Å². The van der Waals surface area contributed by atoms with Crippen molar-refractivity contribution in [1.82, 2.24) is 9.72 Å². The Bertz CT molecular complexity index is 639. The summed E-state index contributed by atoms with van der Waals surface area (Å²) >= 11 is 0. The quantitative estimate of drug-likeness (QED) is 0.465. The minimum Gasteiger partial charge on any atom is -0.354 e. The van der Waals surface area contributed by atoms with E-state index in [1.165, 1.54) is 30.3 Å². The molecule has 2 aromatic rings. The largest absolute Gasteiger partial charge is 0.380 e. The van der Waals surface area contributed by atoms with Crippen LogP contribution in [0.2, 0.25) is 0 Å². The summed E-state index contributed by atoms with van der Waals surface area (Å²) in [4.78, 5) is 25.1. The van der Waals surface area contributed by atoms with Gasteiger partial charge in [-0.2, -0.15) is 4.98 Å². The van der Waals surface area contributed by atoms with Gasteiger partial charge in [-0.15, -0.1) is 11.3 Å². The fraction of sp³-hybridized carbons (Fsp3) is 0.0909. The van der Waals surface area contributed by atoms with Gasteiger partial charge in [-0.05, 0) is 12.1 Å². The molecule has 7 nitrogen and oxygen atoms in total. The summed E-state index contributed by atoms with van der Waals surface area (Å²) in [5.74, 6) is 0.122. The summed E-state index contributed by atoms with van der Waals surface area (Å²) in [5.41, 5.74) is -0.0598. The first-order chi connectivity index (χ1) is 8.61. The molecule has 0 N–H and O–H groups in total. The molecule has 0 spiro atoms. The average Bonchev–Trinajstić information content (AvgIpc) is 2.72. The molecule has 2 rings (SSSR count). The highest BCUT2D eigenvalue weighted by Gasteiger charge is 2.11. The summed E-state index contributed by atoms with van der Waals surface area (Å²) in [6, 6.07) is 5.59. The van der Waals surface area contributed by atoms with Gasteiger partial charge in [-0.25, -0.2) is 4.79 Å². The molecule has 0 aliphatic heterocycles. The Kier molecular flexibility index (Phi) is 3.05. The lowest BCUT2D eigenvalue weighted by atomic mass is 10.2. The molecule has 7 heteroatoms. The molecule has 18 heavy (non-hydrogen) atoms. The van der Waals surface area contributed by atoms with Crippen LogP contribution < -0.4 is 5.69 Å². The highest BCUT2D eigenvalue weighted by atomic mass is 16.6. The molecule has 0 bridgehead atoms. The lowest BCUT2D eigenvalue weighted by molar-refractivity contribution is -0.384. The number of aromatic nitrogens is 2. The third-order valence-electron chi connectivity index (χ3n) is 2.23. The van der Waals surface area contributed by atoms with E-state index < -0.39 is 10.6 Å². The topological polar surface area (TPSA) is 91.2 Å². The van der Waals surface area contributed by atoms with Crippen LogP contribution >= 0.6 is 0 Å². The third-order valence-corrected chi connectivity index (χ3v) is 2.23. The van der Waals surface area contributed by atoms with Gasteiger partial charge in [0.25, 0.3) is 11.6 Å². The molecule has 0 saturated carbocycles. The Hall–Kier alpha value is -2.70. The van der Waals surface area contributed by atoms with Crippen LogP contribution in [-0.2, 0) is 6.54 Å². The Morgan fingerprint density at radius 2 is 2.11 bits per heavy atom. The zero-order valence-corrected chi connectivity index (χ0v) is 9.28. The van der Waals surface area contributed by atoms with Crippen molar-refractivity contribution < 1.29 is 9.45 Å². The van der Waals surface area contributed by atoms with E-state index in [1.807, 2.05) is 0 Å². The predicted octanol–water partition coefficient (Wildman–Crippen LogP) is 1.60. The second kappa shape index (κ2) is 4.66. The highest BCUT2D eigenvalue weighted by Crippen LogP contribution is 2.19. The summed E-state index contributed by atoms with van der Waals surface area (Å²) in [6.45, 7) is 3.71. The molecular weight excluding hydrogens is 238 g/mol. The first-order valence-electron chi connectivity index (χ1n) is 5.05. The number of non-ortho nitro benzene ring substituents is 1. The third kappa shape index (κ3) is 2.19. The number of nitrogens with zero attached hydrogens (tertiary/aromatic N) is 3. The average molecular weight is 247 g/mol. The van der Waals surface area contributed by atoms with Crippen LogP contribution in [0.15, 0.2) is 46.2 Å². The molecule has 0 radical (unpaired) electrons. The molecule has 0 aliphatic rings. The number of nitro groups is 1. The molecule has 0 saturated heterocycles. The van der Waals surface area contributed by atoms with E-state index in [1.54, 1.807) is 0 Å². The van der Waals surface area contributed by atoms with Crippen LogP contribution in [0.3, 0.4) is 0 Å². The van der Waals surface area contributed by atoms with Crippen LogP contribution in [0.4, 0.5) is 5.69 Å². The zero-order valence-electron chi connectivity index (χ0n) is 9.28. The van der Waals surface area contributed by atoms with E-state index in [4.69, 9.17) is 4.52 Å². The van der Waals surface area contributed by atoms with Crippen molar-refractivity contribution in [2.45, 2.75) is 6.54 Å². The predicted molar refractivity (Wildman–Crippen MR) is 63.1 cm³/mol. The molecule has 92 valence electrons. The zero-order chi connectivity index (χ0) is 13.1. The van der Waals surface area contributed by atoms with Crippen molar-refractivity contribution in [1.29, 1.82) is 0 Å². The van der Waals surface area contributed by atoms with Gasteiger partial charge in [0.2, 0.25) is 0 Å². The van der Waals surface area contributed by atoms with Crippen LogP contribution in [0.25, 0.3) is 11.5 Å². The molecule has 1 aromatic carbocycles. The van der Waals surface area contributed by atoms with E-state index in [0.29, 0.717) is 5.56 Å². The van der Waals surface area contributed by atoms with Crippen LogP contribution in [0.5, 0.6) is 0 Å². The van der Waals surface area contributed by atoms with Gasteiger partial charge in [0.05, 0.1) is 11.5 Å². The maximum Gasteiger partial charge on any atom is 0.380 e. The Labute approximate surface area is 101 Å². The lowest BCUT2D eigenvalue weighted by Gasteiger charge is -1.95. The van der Waals surface area contributed by atoms with Crippen LogP contribution in [0, 0.1) is 10.1 Å². The minimum atomic E-state index is -0.525. The second-order valence-corrected chi connectivity index (χ2v) is 3.44. The van der Waals surface area contributed by atoms with Crippen LogP contribution in [-0.4, -0.2) is 14.6 Å². The van der Waals surface area contributed by atoms with Crippen molar-refractivity contribution in [3.8, 4) is 11.5 Å². The molecule has 0 amide bonds. The maximum atomic E-state index is 11.4. The van der Waals surface area contributed by atoms with Gasteiger partial charge in [0.1, 0.15) is 0 Å². The maximum absolute atomic E-state index is 11.4. The van der Waals surface area contributed by atoms with Gasteiger partial charge >= 0.3 is 5.69 Å². The fourth-order valence-corrected chi connectivity index (χ4v) is 1.38. The van der Waals surface area contributed by atoms with Gasteiger partial charge in [0.15, 0.2) is 0 Å². The Morgan fingerprint density at radius 3 is 2.67 bits per heavy atom. The van der Waals surface area contributed by atoms with E-state index in [9.17, 15) is 14.9 Å². The minimum absolute atomic E-state index is 0.0355. The van der Waals surface area contributed by atoms with Gasteiger partial charge in [0, 0.05) is 17.7 Å². The highest BCUT2D eigenvalue weighted by molar-refractivity contribution is 5.55. The molecule has 1 aromatic heterocycles. The fourth-order valence-electron chi connectivity index (χ4n) is 1.38. The monoisotopic (exact) mass is 247 g/mol. The lowest BCUT2D eigenvalue weighted by Crippen LogP contribution is -2.14.